The van der Waals surface area contributed by atoms with E-state index in [0.29, 0.717) is 18.5 Å². The van der Waals surface area contributed by atoms with Crippen molar-refractivity contribution in [2.45, 2.75) is 19.3 Å². The Balaban J connectivity index is 1.51. The molecule has 5 heteroatoms. The SMILES string of the molecule is CN(CCNC(=O)c1ccc(N2CCCCC2=O)cc1)c1ccccc1. The van der Waals surface area contributed by atoms with Crippen LogP contribution in [0.3, 0.4) is 0 Å². The first-order valence-electron chi connectivity index (χ1n) is 9.10. The first-order chi connectivity index (χ1) is 12.6. The number of likely N-dealkylation sites (N-methyl/N-ethyl adjacent to an activating group) is 1. The van der Waals surface area contributed by atoms with E-state index < -0.39 is 0 Å². The highest BCUT2D eigenvalue weighted by molar-refractivity contribution is 5.96. The fraction of sp³-hybridized carbons (Fsp3) is 0.333. The van der Waals surface area contributed by atoms with Crippen LogP contribution in [-0.4, -0.2) is 38.5 Å². The molecule has 136 valence electrons. The van der Waals surface area contributed by atoms with Crippen LogP contribution >= 0.6 is 0 Å². The van der Waals surface area contributed by atoms with Crippen molar-refractivity contribution in [3.05, 3.63) is 60.2 Å². The number of hydrogen-bond donors (Lipinski definition) is 1. The Morgan fingerprint density at radius 3 is 2.50 bits per heavy atom. The number of carbonyl (C=O) groups is 2. The Morgan fingerprint density at radius 2 is 1.81 bits per heavy atom. The van der Waals surface area contributed by atoms with Crippen LogP contribution in [0, 0.1) is 0 Å². The molecule has 1 N–H and O–H groups in total. The second-order valence-electron chi connectivity index (χ2n) is 6.56. The molecule has 0 unspecified atom stereocenters. The van der Waals surface area contributed by atoms with Crippen LogP contribution in [0.2, 0.25) is 0 Å². The minimum absolute atomic E-state index is 0.0945. The summed E-state index contributed by atoms with van der Waals surface area (Å²) in [6.45, 7) is 2.06. The number of para-hydroxylation sites is 1. The van der Waals surface area contributed by atoms with Gasteiger partial charge in [0.2, 0.25) is 5.91 Å². The number of hydrogen-bond acceptors (Lipinski definition) is 3. The molecule has 1 aliphatic heterocycles. The number of carbonyl (C=O) groups excluding carboxylic acids is 2. The lowest BCUT2D eigenvalue weighted by Gasteiger charge is -2.26. The lowest BCUT2D eigenvalue weighted by atomic mass is 10.1. The predicted molar refractivity (Wildman–Crippen MR) is 105 cm³/mol. The maximum atomic E-state index is 12.3. The molecule has 2 amide bonds. The van der Waals surface area contributed by atoms with Crippen LogP contribution in [0.15, 0.2) is 54.6 Å². The number of nitrogens with zero attached hydrogens (tertiary/aromatic N) is 2. The third-order valence-electron chi connectivity index (χ3n) is 4.69. The molecule has 2 aromatic carbocycles. The molecule has 1 heterocycles. The lowest BCUT2D eigenvalue weighted by Crippen LogP contribution is -2.35. The van der Waals surface area contributed by atoms with Crippen LogP contribution in [0.1, 0.15) is 29.6 Å². The maximum absolute atomic E-state index is 12.3. The molecule has 1 fully saturated rings. The van der Waals surface area contributed by atoms with Crippen LogP contribution in [0.5, 0.6) is 0 Å². The van der Waals surface area contributed by atoms with E-state index in [0.717, 1.165) is 37.3 Å². The van der Waals surface area contributed by atoms with Gasteiger partial charge in [0.1, 0.15) is 0 Å². The molecule has 0 bridgehead atoms. The number of amides is 2. The van der Waals surface area contributed by atoms with Crippen LogP contribution < -0.4 is 15.1 Å². The molecule has 0 radical (unpaired) electrons. The summed E-state index contributed by atoms with van der Waals surface area (Å²) in [7, 11) is 2.01. The minimum Gasteiger partial charge on any atom is -0.373 e. The minimum atomic E-state index is -0.0945. The summed E-state index contributed by atoms with van der Waals surface area (Å²) < 4.78 is 0. The van der Waals surface area contributed by atoms with E-state index in [4.69, 9.17) is 0 Å². The van der Waals surface area contributed by atoms with E-state index in [1.54, 1.807) is 17.0 Å². The van der Waals surface area contributed by atoms with E-state index >= 15 is 0 Å². The number of rotatable bonds is 6. The van der Waals surface area contributed by atoms with Gasteiger partial charge in [0, 0.05) is 50.0 Å². The summed E-state index contributed by atoms with van der Waals surface area (Å²) in [5, 5.41) is 2.95. The van der Waals surface area contributed by atoms with E-state index in [-0.39, 0.29) is 11.8 Å². The molecular weight excluding hydrogens is 326 g/mol. The number of anilines is 2. The first-order valence-corrected chi connectivity index (χ1v) is 9.10. The summed E-state index contributed by atoms with van der Waals surface area (Å²) >= 11 is 0. The molecule has 5 nitrogen and oxygen atoms in total. The zero-order valence-electron chi connectivity index (χ0n) is 15.1. The Kier molecular flexibility index (Phi) is 5.89. The maximum Gasteiger partial charge on any atom is 0.251 e. The van der Waals surface area contributed by atoms with Gasteiger partial charge in [-0.1, -0.05) is 18.2 Å². The summed E-state index contributed by atoms with van der Waals surface area (Å²) in [5.41, 5.74) is 2.60. The zero-order valence-corrected chi connectivity index (χ0v) is 15.1. The molecule has 2 aromatic rings. The molecular formula is C21H25N3O2. The molecule has 0 atom stereocenters. The van der Waals surface area contributed by atoms with E-state index in [2.05, 4.69) is 10.2 Å². The van der Waals surface area contributed by atoms with Crippen molar-refractivity contribution in [2.24, 2.45) is 0 Å². The quantitative estimate of drug-likeness (QED) is 0.870. The van der Waals surface area contributed by atoms with Gasteiger partial charge in [0.05, 0.1) is 0 Å². The molecule has 1 aliphatic rings. The van der Waals surface area contributed by atoms with Gasteiger partial charge in [-0.05, 0) is 49.2 Å². The molecule has 3 rings (SSSR count). The predicted octanol–water partition coefficient (Wildman–Crippen LogP) is 3.07. The topological polar surface area (TPSA) is 52.7 Å². The highest BCUT2D eigenvalue weighted by atomic mass is 16.2. The Labute approximate surface area is 154 Å². The second kappa shape index (κ2) is 8.52. The van der Waals surface area contributed by atoms with Crippen LogP contribution in [0.25, 0.3) is 0 Å². The van der Waals surface area contributed by atoms with Gasteiger partial charge < -0.3 is 15.1 Å². The highest BCUT2D eigenvalue weighted by Gasteiger charge is 2.19. The second-order valence-corrected chi connectivity index (χ2v) is 6.56. The summed E-state index contributed by atoms with van der Waals surface area (Å²) in [6.07, 6.45) is 2.60. The van der Waals surface area contributed by atoms with Crippen LogP contribution in [0.4, 0.5) is 11.4 Å². The van der Waals surface area contributed by atoms with E-state index in [9.17, 15) is 9.59 Å². The number of nitrogens with one attached hydrogen (secondary N) is 1. The normalized spacial score (nSPS) is 14.2. The van der Waals surface area contributed by atoms with E-state index in [1.807, 2.05) is 49.5 Å². The van der Waals surface area contributed by atoms with Gasteiger partial charge in [0.25, 0.3) is 5.91 Å². The van der Waals surface area contributed by atoms with Crippen molar-refractivity contribution in [1.82, 2.24) is 5.32 Å². The largest absolute Gasteiger partial charge is 0.373 e. The third-order valence-corrected chi connectivity index (χ3v) is 4.69. The first kappa shape index (κ1) is 18.0. The van der Waals surface area contributed by atoms with Crippen molar-refractivity contribution in [3.63, 3.8) is 0 Å². The summed E-state index contributed by atoms with van der Waals surface area (Å²) in [6, 6.07) is 17.4. The van der Waals surface area contributed by atoms with E-state index in [1.165, 1.54) is 0 Å². The Hall–Kier alpha value is -2.82. The fourth-order valence-electron chi connectivity index (χ4n) is 3.12. The van der Waals surface area contributed by atoms with Crippen molar-refractivity contribution >= 4 is 23.2 Å². The Morgan fingerprint density at radius 1 is 1.08 bits per heavy atom. The van der Waals surface area contributed by atoms with Gasteiger partial charge in [-0.15, -0.1) is 0 Å². The molecule has 0 aromatic heterocycles. The van der Waals surface area contributed by atoms with Gasteiger partial charge in [-0.2, -0.15) is 0 Å². The van der Waals surface area contributed by atoms with Crippen molar-refractivity contribution in [3.8, 4) is 0 Å². The average molecular weight is 351 g/mol. The fourth-order valence-corrected chi connectivity index (χ4v) is 3.12. The smallest absolute Gasteiger partial charge is 0.251 e. The average Bonchev–Trinajstić information content (AvgIpc) is 2.69. The van der Waals surface area contributed by atoms with Crippen LogP contribution in [-0.2, 0) is 4.79 Å². The third kappa shape index (κ3) is 4.42. The lowest BCUT2D eigenvalue weighted by molar-refractivity contribution is -0.119. The van der Waals surface area contributed by atoms with Crippen molar-refractivity contribution in [2.75, 3.05) is 36.5 Å². The van der Waals surface area contributed by atoms with Gasteiger partial charge in [0.15, 0.2) is 0 Å². The molecule has 26 heavy (non-hydrogen) atoms. The monoisotopic (exact) mass is 351 g/mol. The standard InChI is InChI=1S/C21H25N3O2/c1-23(18-7-3-2-4-8-18)16-14-22-21(26)17-10-12-19(13-11-17)24-15-6-5-9-20(24)25/h2-4,7-8,10-13H,5-6,9,14-16H2,1H3,(H,22,26). The zero-order chi connectivity index (χ0) is 18.4. The molecule has 1 saturated heterocycles. The number of benzene rings is 2. The molecule has 0 spiro atoms. The Bertz CT molecular complexity index is 744. The van der Waals surface area contributed by atoms with Gasteiger partial charge in [-0.25, -0.2) is 0 Å². The summed E-state index contributed by atoms with van der Waals surface area (Å²) in [4.78, 5) is 28.2. The van der Waals surface area contributed by atoms with Crippen molar-refractivity contribution in [1.29, 1.82) is 0 Å². The molecule has 0 aliphatic carbocycles. The number of piperidine rings is 1. The van der Waals surface area contributed by atoms with Gasteiger partial charge >= 0.3 is 0 Å². The highest BCUT2D eigenvalue weighted by Crippen LogP contribution is 2.21. The summed E-state index contributed by atoms with van der Waals surface area (Å²) in [5.74, 6) is 0.0698. The van der Waals surface area contributed by atoms with Gasteiger partial charge in [-0.3, -0.25) is 9.59 Å². The molecule has 0 saturated carbocycles. The van der Waals surface area contributed by atoms with Crippen molar-refractivity contribution < 1.29 is 9.59 Å².